The van der Waals surface area contributed by atoms with Crippen molar-refractivity contribution >= 4 is 27.7 Å². The predicted octanol–water partition coefficient (Wildman–Crippen LogP) is 3.07. The molecule has 37 heavy (non-hydrogen) atoms. The molecule has 1 aliphatic carbocycles. The first kappa shape index (κ1) is 28.3. The van der Waals surface area contributed by atoms with Crippen molar-refractivity contribution < 1.29 is 37.0 Å². The number of hydrogen-bond acceptors (Lipinski definition) is 8. The Kier molecular flexibility index (Phi) is 8.70. The normalized spacial score (nSPS) is 24.9. The van der Waals surface area contributed by atoms with E-state index in [1.807, 2.05) is 6.92 Å². The number of hydrogen-bond donors (Lipinski definition) is 2. The molecule has 0 saturated heterocycles. The van der Waals surface area contributed by atoms with Crippen molar-refractivity contribution in [1.82, 2.24) is 4.83 Å². The minimum atomic E-state index is -4.11. The highest BCUT2D eigenvalue weighted by Crippen LogP contribution is 2.47. The fraction of sp³-hybridized carbons (Fsp3) is 0.423. The van der Waals surface area contributed by atoms with E-state index in [1.54, 1.807) is 26.0 Å². The number of carbonyl (C=O) groups is 2. The van der Waals surface area contributed by atoms with E-state index in [4.69, 9.17) is 9.47 Å². The van der Waals surface area contributed by atoms with Crippen LogP contribution in [0.15, 0.2) is 58.5 Å². The van der Waals surface area contributed by atoms with Crippen molar-refractivity contribution in [2.45, 2.75) is 50.5 Å². The van der Waals surface area contributed by atoms with Gasteiger partial charge in [0.25, 0.3) is 10.0 Å². The number of ether oxygens (including phenoxy) is 2. The molecule has 0 aromatic heterocycles. The average Bonchev–Trinajstić information content (AvgIpc) is 2.83. The highest BCUT2D eigenvalue weighted by Gasteiger charge is 2.56. The number of benzene rings is 2. The molecule has 0 aliphatic heterocycles. The maximum absolute atomic E-state index is 13.7. The SMILES string of the molecule is CCOC(=O)C1/C(=N/NS(=O)(=O)c2ccc(C)cc2)CC(C)(O)C(C(=O)OCC)C1c1ccc(F)cc1. The van der Waals surface area contributed by atoms with Crippen molar-refractivity contribution in [2.75, 3.05) is 13.2 Å². The molecule has 4 unspecified atom stereocenters. The molecular weight excluding hydrogens is 503 g/mol. The number of hydrazone groups is 1. The first-order valence-corrected chi connectivity index (χ1v) is 13.4. The molecule has 1 aliphatic rings. The van der Waals surface area contributed by atoms with Crippen LogP contribution in [0.1, 0.15) is 44.2 Å². The minimum absolute atomic E-state index is 0.00824. The average molecular weight is 535 g/mol. The summed E-state index contributed by atoms with van der Waals surface area (Å²) in [6.07, 6.45) is -0.325. The fourth-order valence-electron chi connectivity index (χ4n) is 4.59. The third-order valence-electron chi connectivity index (χ3n) is 6.26. The second kappa shape index (κ2) is 11.4. The third kappa shape index (κ3) is 6.34. The zero-order valence-electron chi connectivity index (χ0n) is 21.1. The standard InChI is InChI=1S/C26H31FN2O7S/c1-5-35-24(30)22-20(28-29-37(33,34)19-13-7-16(3)8-14-19)15-26(4,32)23(25(31)36-6-2)21(22)17-9-11-18(27)12-10-17/h7-14,21-23,29,32H,5-6,15H2,1-4H3/b28-20+. The van der Waals surface area contributed by atoms with Crippen LogP contribution in [0.4, 0.5) is 4.39 Å². The lowest BCUT2D eigenvalue weighted by atomic mass is 9.61. The quantitative estimate of drug-likeness (QED) is 0.393. The Morgan fingerprint density at radius 3 is 2.19 bits per heavy atom. The van der Waals surface area contributed by atoms with Gasteiger partial charge in [-0.1, -0.05) is 29.8 Å². The van der Waals surface area contributed by atoms with Gasteiger partial charge in [-0.15, -0.1) is 0 Å². The molecule has 2 N–H and O–H groups in total. The van der Waals surface area contributed by atoms with Crippen LogP contribution in [-0.4, -0.2) is 50.0 Å². The molecule has 200 valence electrons. The number of aliphatic hydroxyl groups is 1. The van der Waals surface area contributed by atoms with Crippen LogP contribution in [0.3, 0.4) is 0 Å². The van der Waals surface area contributed by atoms with E-state index in [1.165, 1.54) is 43.3 Å². The van der Waals surface area contributed by atoms with Crippen molar-refractivity contribution in [3.63, 3.8) is 0 Å². The van der Waals surface area contributed by atoms with Gasteiger partial charge in [0.2, 0.25) is 0 Å². The molecule has 4 atom stereocenters. The van der Waals surface area contributed by atoms with E-state index in [2.05, 4.69) is 9.93 Å². The van der Waals surface area contributed by atoms with Crippen molar-refractivity contribution in [2.24, 2.45) is 16.9 Å². The van der Waals surface area contributed by atoms with Crippen LogP contribution in [0.25, 0.3) is 0 Å². The molecule has 1 fully saturated rings. The van der Waals surface area contributed by atoms with Gasteiger partial charge >= 0.3 is 11.9 Å². The van der Waals surface area contributed by atoms with Crippen LogP contribution in [0.2, 0.25) is 0 Å². The molecule has 11 heteroatoms. The van der Waals surface area contributed by atoms with E-state index in [0.29, 0.717) is 5.56 Å². The molecule has 0 bridgehead atoms. The number of nitrogens with one attached hydrogen (secondary N) is 1. The first-order valence-electron chi connectivity index (χ1n) is 11.9. The maximum Gasteiger partial charge on any atom is 0.315 e. The van der Waals surface area contributed by atoms with Crippen molar-refractivity contribution in [1.29, 1.82) is 0 Å². The van der Waals surface area contributed by atoms with Crippen LogP contribution >= 0.6 is 0 Å². The Morgan fingerprint density at radius 1 is 1.05 bits per heavy atom. The highest BCUT2D eigenvalue weighted by molar-refractivity contribution is 7.89. The van der Waals surface area contributed by atoms with Gasteiger partial charge in [-0.25, -0.2) is 9.22 Å². The molecule has 1 saturated carbocycles. The summed E-state index contributed by atoms with van der Waals surface area (Å²) < 4.78 is 50.0. The number of nitrogens with zero attached hydrogens (tertiary/aromatic N) is 1. The molecule has 2 aromatic carbocycles. The largest absolute Gasteiger partial charge is 0.466 e. The van der Waals surface area contributed by atoms with E-state index in [0.717, 1.165) is 5.56 Å². The second-order valence-electron chi connectivity index (χ2n) is 9.08. The Balaban J connectivity index is 2.15. The lowest BCUT2D eigenvalue weighted by Gasteiger charge is -2.45. The summed E-state index contributed by atoms with van der Waals surface area (Å²) in [5.74, 6) is -5.65. The second-order valence-corrected chi connectivity index (χ2v) is 10.7. The summed E-state index contributed by atoms with van der Waals surface area (Å²) in [5.41, 5.74) is -0.605. The number of sulfonamides is 1. The number of carbonyl (C=O) groups excluding carboxylic acids is 2. The molecule has 0 amide bonds. The summed E-state index contributed by atoms with van der Waals surface area (Å²) in [7, 11) is -4.11. The Bertz CT molecular complexity index is 1260. The fourth-order valence-corrected chi connectivity index (χ4v) is 5.43. The molecule has 3 rings (SSSR count). The van der Waals surface area contributed by atoms with Gasteiger partial charge in [0, 0.05) is 12.3 Å². The van der Waals surface area contributed by atoms with Crippen molar-refractivity contribution in [3.8, 4) is 0 Å². The van der Waals surface area contributed by atoms with Gasteiger partial charge in [-0.3, -0.25) is 9.59 Å². The molecule has 9 nitrogen and oxygen atoms in total. The summed E-state index contributed by atoms with van der Waals surface area (Å²) in [6, 6.07) is 11.2. The predicted molar refractivity (Wildman–Crippen MR) is 134 cm³/mol. The molecule has 0 spiro atoms. The van der Waals surface area contributed by atoms with Crippen LogP contribution in [0.5, 0.6) is 0 Å². The number of rotatable bonds is 8. The van der Waals surface area contributed by atoms with Gasteiger partial charge in [-0.05, 0) is 57.5 Å². The number of esters is 2. The van der Waals surface area contributed by atoms with E-state index in [-0.39, 0.29) is 30.2 Å². The summed E-state index contributed by atoms with van der Waals surface area (Å²) in [4.78, 5) is 28.4. The molecule has 2 aromatic rings. The monoisotopic (exact) mass is 534 g/mol. The Hall–Kier alpha value is -3.31. The smallest absolute Gasteiger partial charge is 0.315 e. The van der Waals surface area contributed by atoms with Crippen molar-refractivity contribution in [3.05, 3.63) is 65.5 Å². The zero-order valence-corrected chi connectivity index (χ0v) is 21.9. The van der Waals surface area contributed by atoms with Gasteiger partial charge in [0.1, 0.15) is 11.7 Å². The van der Waals surface area contributed by atoms with Gasteiger partial charge in [-0.2, -0.15) is 13.5 Å². The van der Waals surface area contributed by atoms with E-state index in [9.17, 15) is 27.5 Å². The van der Waals surface area contributed by atoms with Gasteiger partial charge < -0.3 is 14.6 Å². The lowest BCUT2D eigenvalue weighted by Crippen LogP contribution is -2.55. The molecular formula is C26H31FN2O7S. The maximum atomic E-state index is 13.7. The Labute approximate surface area is 215 Å². The summed E-state index contributed by atoms with van der Waals surface area (Å²) in [5, 5.41) is 15.5. The third-order valence-corrected chi connectivity index (χ3v) is 7.49. The van der Waals surface area contributed by atoms with Crippen LogP contribution in [-0.2, 0) is 29.1 Å². The van der Waals surface area contributed by atoms with Crippen LogP contribution in [0, 0.1) is 24.6 Å². The zero-order chi connectivity index (χ0) is 27.4. The number of aryl methyl sites for hydroxylation is 1. The van der Waals surface area contributed by atoms with Gasteiger partial charge in [0.15, 0.2) is 0 Å². The Morgan fingerprint density at radius 2 is 1.62 bits per heavy atom. The number of halogens is 1. The minimum Gasteiger partial charge on any atom is -0.466 e. The topological polar surface area (TPSA) is 131 Å². The highest BCUT2D eigenvalue weighted by atomic mass is 32.2. The first-order chi connectivity index (χ1) is 17.4. The lowest BCUT2D eigenvalue weighted by molar-refractivity contribution is -0.163. The molecule has 0 heterocycles. The van der Waals surface area contributed by atoms with Gasteiger partial charge in [0.05, 0.1) is 35.3 Å². The van der Waals surface area contributed by atoms with Crippen LogP contribution < -0.4 is 4.83 Å². The van der Waals surface area contributed by atoms with E-state index >= 15 is 0 Å². The molecule has 0 radical (unpaired) electrons. The summed E-state index contributed by atoms with van der Waals surface area (Å²) in [6.45, 7) is 6.45. The summed E-state index contributed by atoms with van der Waals surface area (Å²) >= 11 is 0. The van der Waals surface area contributed by atoms with E-state index < -0.39 is 51.1 Å².